The largest absolute Gasteiger partial charge is 0.388 e. The predicted molar refractivity (Wildman–Crippen MR) is 131 cm³/mol. The van der Waals surface area contributed by atoms with Crippen molar-refractivity contribution in [1.82, 2.24) is 0 Å². The fraction of sp³-hybridized carbons (Fsp3) is 0.967. The molecule has 35 heavy (non-hydrogen) atoms. The van der Waals surface area contributed by atoms with Gasteiger partial charge in [-0.25, -0.2) is 0 Å². The number of rotatable bonds is 1. The van der Waals surface area contributed by atoms with Gasteiger partial charge in [-0.2, -0.15) is 0 Å². The highest BCUT2D eigenvalue weighted by molar-refractivity contribution is 5.86. The summed E-state index contributed by atoms with van der Waals surface area (Å²) in [7, 11) is 0. The second-order valence-corrected chi connectivity index (χ2v) is 15.7. The van der Waals surface area contributed by atoms with Crippen LogP contribution in [0.4, 0.5) is 0 Å². The first-order chi connectivity index (χ1) is 16.1. The molecule has 0 radical (unpaired) electrons. The van der Waals surface area contributed by atoms with Gasteiger partial charge >= 0.3 is 0 Å². The molecule has 7 rings (SSSR count). The molecule has 12 atom stereocenters. The van der Waals surface area contributed by atoms with Gasteiger partial charge in [-0.05, 0) is 92.8 Å². The molecule has 0 aromatic rings. The van der Waals surface area contributed by atoms with E-state index in [-0.39, 0.29) is 39.1 Å². The van der Waals surface area contributed by atoms with E-state index in [1.165, 1.54) is 12.8 Å². The number of aliphatic hydroxyl groups excluding tert-OH is 1. The third-order valence-electron chi connectivity index (χ3n) is 13.9. The Morgan fingerprint density at radius 1 is 0.971 bits per heavy atom. The molecule has 196 valence electrons. The van der Waals surface area contributed by atoms with Gasteiger partial charge in [0.05, 0.1) is 11.7 Å². The zero-order valence-corrected chi connectivity index (χ0v) is 22.8. The summed E-state index contributed by atoms with van der Waals surface area (Å²) in [6.07, 6.45) is 7.03. The molecule has 1 unspecified atom stereocenters. The zero-order chi connectivity index (χ0) is 25.2. The monoisotopic (exact) mass is 486 g/mol. The van der Waals surface area contributed by atoms with Crippen molar-refractivity contribution in [1.29, 1.82) is 0 Å². The maximum absolute atomic E-state index is 12.9. The van der Waals surface area contributed by atoms with Crippen molar-refractivity contribution in [3.05, 3.63) is 0 Å². The summed E-state index contributed by atoms with van der Waals surface area (Å²) < 4.78 is 13.5. The van der Waals surface area contributed by atoms with Crippen molar-refractivity contribution in [2.75, 3.05) is 0 Å². The summed E-state index contributed by atoms with van der Waals surface area (Å²) in [6, 6.07) is 0. The third kappa shape index (κ3) is 2.25. The number of ketones is 1. The number of hydrogen-bond donors (Lipinski definition) is 2. The minimum absolute atomic E-state index is 0.0855. The molecule has 5 heteroatoms. The molecule has 0 aromatic carbocycles. The van der Waals surface area contributed by atoms with E-state index in [9.17, 15) is 15.0 Å². The van der Waals surface area contributed by atoms with E-state index in [4.69, 9.17) is 9.47 Å². The Bertz CT molecular complexity index is 999. The van der Waals surface area contributed by atoms with Gasteiger partial charge in [0.2, 0.25) is 0 Å². The predicted octanol–water partition coefficient (Wildman–Crippen LogP) is 4.87. The van der Waals surface area contributed by atoms with Crippen molar-refractivity contribution in [3.63, 3.8) is 0 Å². The molecule has 5 saturated carbocycles. The molecule has 7 aliphatic rings. The van der Waals surface area contributed by atoms with Crippen LogP contribution < -0.4 is 0 Å². The fourth-order valence-corrected chi connectivity index (χ4v) is 12.5. The van der Waals surface area contributed by atoms with E-state index in [0.717, 1.165) is 38.5 Å². The number of aliphatic hydroxyl groups is 2. The van der Waals surface area contributed by atoms with Crippen molar-refractivity contribution in [2.24, 2.45) is 50.7 Å². The van der Waals surface area contributed by atoms with Crippen LogP contribution in [0.15, 0.2) is 0 Å². The lowest BCUT2D eigenvalue weighted by Gasteiger charge is -2.62. The lowest BCUT2D eigenvalue weighted by molar-refractivity contribution is -0.282. The van der Waals surface area contributed by atoms with Gasteiger partial charge in [-0.3, -0.25) is 4.79 Å². The van der Waals surface area contributed by atoms with E-state index in [1.807, 2.05) is 13.8 Å². The Kier molecular flexibility index (Phi) is 4.19. The standard InChI is InChI=1S/C30H46O5/c1-16-14-17-22(25(4,5)33)35-30(34-17)21(16)26(6)12-13-29-15-28(29)11-10-20(31)24(2,3)18(28)8-9-19(29)27(26,7)23(30)32/h16-19,21-23,32-33H,8-15H2,1-7H3/t16-,17+,18+,19+,21-,22?,23-,26-,27-,28-,29+,30+/m1/s1. The summed E-state index contributed by atoms with van der Waals surface area (Å²) in [4.78, 5) is 12.9. The van der Waals surface area contributed by atoms with E-state index in [0.29, 0.717) is 23.5 Å². The van der Waals surface area contributed by atoms with Crippen molar-refractivity contribution >= 4 is 5.78 Å². The summed E-state index contributed by atoms with van der Waals surface area (Å²) in [5, 5.41) is 23.4. The maximum atomic E-state index is 12.9. The van der Waals surface area contributed by atoms with Gasteiger partial charge in [0.15, 0.2) is 5.79 Å². The molecule has 2 bridgehead atoms. The highest BCUT2D eigenvalue weighted by Crippen LogP contribution is 2.90. The molecule has 3 spiro atoms. The summed E-state index contributed by atoms with van der Waals surface area (Å²) in [5.41, 5.74) is -1.13. The quantitative estimate of drug-likeness (QED) is 0.553. The molecule has 5 aliphatic carbocycles. The fourth-order valence-electron chi connectivity index (χ4n) is 12.5. The van der Waals surface area contributed by atoms with Crippen molar-refractivity contribution in [2.45, 2.75) is 130 Å². The van der Waals surface area contributed by atoms with Crippen molar-refractivity contribution < 1.29 is 24.5 Å². The molecular formula is C30H46O5. The zero-order valence-electron chi connectivity index (χ0n) is 22.8. The smallest absolute Gasteiger partial charge is 0.199 e. The van der Waals surface area contributed by atoms with Crippen LogP contribution in [0.1, 0.15) is 99.8 Å². The minimum Gasteiger partial charge on any atom is -0.388 e. The molecule has 5 nitrogen and oxygen atoms in total. The van der Waals surface area contributed by atoms with E-state index >= 15 is 0 Å². The summed E-state index contributed by atoms with van der Waals surface area (Å²) in [5.74, 6) is 0.809. The van der Waals surface area contributed by atoms with Gasteiger partial charge in [0.25, 0.3) is 0 Å². The van der Waals surface area contributed by atoms with Crippen LogP contribution in [0, 0.1) is 50.7 Å². The first kappa shape index (κ1) is 23.6. The summed E-state index contributed by atoms with van der Waals surface area (Å²) >= 11 is 0. The normalized spacial score (nSPS) is 61.9. The lowest BCUT2D eigenvalue weighted by atomic mass is 9.41. The number of ether oxygens (including phenoxy) is 2. The van der Waals surface area contributed by atoms with E-state index < -0.39 is 23.6 Å². The Morgan fingerprint density at radius 2 is 1.63 bits per heavy atom. The molecule has 2 N–H and O–H groups in total. The second kappa shape index (κ2) is 6.21. The first-order valence-corrected chi connectivity index (χ1v) is 14.4. The minimum atomic E-state index is -1.03. The van der Waals surface area contributed by atoms with Gasteiger partial charge < -0.3 is 19.7 Å². The number of carbonyl (C=O) groups is 1. The second-order valence-electron chi connectivity index (χ2n) is 15.7. The maximum Gasteiger partial charge on any atom is 0.199 e. The van der Waals surface area contributed by atoms with Crippen LogP contribution in [0.2, 0.25) is 0 Å². The number of Topliss-reactive ketones (excluding diaryl/α,β-unsaturated/α-hetero) is 1. The molecule has 0 aromatic heterocycles. The first-order valence-electron chi connectivity index (χ1n) is 14.4. The SMILES string of the molecule is C[C@@H]1C[C@@H]2O[C@@]3(OC2C(C)(C)O)[C@H](O)[C@@]2(C)[C@@H]4CC[C@H]5C(C)(C)C(=O)CC[C@@]56C[C@@]46CC[C@]2(C)[C@@H]13. The van der Waals surface area contributed by atoms with E-state index in [1.54, 1.807) is 0 Å². The Balaban J connectivity index is 1.33. The van der Waals surface area contributed by atoms with Crippen LogP contribution >= 0.6 is 0 Å². The highest BCUT2D eigenvalue weighted by Gasteiger charge is 2.88. The van der Waals surface area contributed by atoms with Crippen LogP contribution in [-0.4, -0.2) is 45.7 Å². The molecule has 2 heterocycles. The Hall–Kier alpha value is -0.490. The number of carbonyl (C=O) groups excluding carboxylic acids is 1. The Morgan fingerprint density at radius 3 is 2.31 bits per heavy atom. The molecule has 2 aliphatic heterocycles. The highest BCUT2D eigenvalue weighted by atomic mass is 16.8. The van der Waals surface area contributed by atoms with Gasteiger partial charge in [0, 0.05) is 23.2 Å². The Labute approximate surface area is 210 Å². The van der Waals surface area contributed by atoms with Crippen LogP contribution in [0.25, 0.3) is 0 Å². The average molecular weight is 487 g/mol. The van der Waals surface area contributed by atoms with Gasteiger partial charge in [-0.1, -0.05) is 34.6 Å². The van der Waals surface area contributed by atoms with Gasteiger partial charge in [0.1, 0.15) is 18.0 Å². The number of hydrogen-bond acceptors (Lipinski definition) is 5. The molecule has 7 fully saturated rings. The lowest BCUT2D eigenvalue weighted by Crippen LogP contribution is -2.59. The number of fused-ring (bicyclic) bond motifs is 4. The van der Waals surface area contributed by atoms with E-state index in [2.05, 4.69) is 34.6 Å². The van der Waals surface area contributed by atoms with Crippen LogP contribution in [0.5, 0.6) is 0 Å². The molecule has 0 amide bonds. The average Bonchev–Trinajstić information content (AvgIpc) is 3.28. The molecular weight excluding hydrogens is 440 g/mol. The third-order valence-corrected chi connectivity index (χ3v) is 13.9. The van der Waals surface area contributed by atoms with Crippen LogP contribution in [0.3, 0.4) is 0 Å². The van der Waals surface area contributed by atoms with Gasteiger partial charge in [-0.15, -0.1) is 0 Å². The van der Waals surface area contributed by atoms with Crippen molar-refractivity contribution in [3.8, 4) is 0 Å². The summed E-state index contributed by atoms with van der Waals surface area (Å²) in [6.45, 7) is 15.2. The molecule has 2 saturated heterocycles. The topological polar surface area (TPSA) is 76.0 Å². The van der Waals surface area contributed by atoms with Crippen LogP contribution in [-0.2, 0) is 14.3 Å².